The van der Waals surface area contributed by atoms with E-state index in [1.165, 1.54) is 12.8 Å². The first kappa shape index (κ1) is 20.4. The summed E-state index contributed by atoms with van der Waals surface area (Å²) in [6.07, 6.45) is 11.2. The normalized spacial score (nSPS) is 16.6. The van der Waals surface area contributed by atoms with Gasteiger partial charge in [0, 0.05) is 56.4 Å². The van der Waals surface area contributed by atoms with E-state index >= 15 is 0 Å². The Labute approximate surface area is 187 Å². The average molecular weight is 429 g/mol. The minimum absolute atomic E-state index is 0.324. The molecule has 4 heterocycles. The Morgan fingerprint density at radius 2 is 1.94 bits per heavy atom. The summed E-state index contributed by atoms with van der Waals surface area (Å²) in [5, 5.41) is 16.1. The molecule has 4 aromatic rings. The van der Waals surface area contributed by atoms with Crippen LogP contribution in [-0.4, -0.2) is 48.7 Å². The van der Waals surface area contributed by atoms with Gasteiger partial charge in [0.15, 0.2) is 5.82 Å². The lowest BCUT2D eigenvalue weighted by atomic mass is 10.1. The first-order valence-corrected chi connectivity index (χ1v) is 11.1. The molecular weight excluding hydrogens is 400 g/mol. The summed E-state index contributed by atoms with van der Waals surface area (Å²) in [6, 6.07) is 10.6. The van der Waals surface area contributed by atoms with Crippen molar-refractivity contribution < 1.29 is 0 Å². The fraction of sp³-hybridized carbons (Fsp3) is 0.333. The summed E-state index contributed by atoms with van der Waals surface area (Å²) < 4.78 is 3.61. The predicted octanol–water partition coefficient (Wildman–Crippen LogP) is 3.50. The van der Waals surface area contributed by atoms with Crippen molar-refractivity contribution in [1.29, 1.82) is 0 Å². The van der Waals surface area contributed by atoms with Gasteiger partial charge in [-0.15, -0.1) is 0 Å². The van der Waals surface area contributed by atoms with Crippen molar-refractivity contribution in [3.05, 3.63) is 55.1 Å². The minimum Gasteiger partial charge on any atom is -0.365 e. The molecule has 1 aliphatic rings. The maximum atomic E-state index is 4.97. The van der Waals surface area contributed by atoms with E-state index in [9.17, 15) is 0 Å². The SMILES string of the molecule is Cn1cc(-c2cccc(-c3ncc(-c4ccn(C)n4)c(NC4CCCCNC4)n3)c2)cn1. The lowest BCUT2D eigenvalue weighted by Crippen LogP contribution is -2.31. The summed E-state index contributed by atoms with van der Waals surface area (Å²) in [4.78, 5) is 9.68. The third-order valence-electron chi connectivity index (χ3n) is 5.83. The maximum absolute atomic E-state index is 4.97. The molecule has 1 saturated heterocycles. The number of rotatable bonds is 5. The first-order chi connectivity index (χ1) is 15.7. The van der Waals surface area contributed by atoms with Crippen molar-refractivity contribution in [1.82, 2.24) is 34.8 Å². The van der Waals surface area contributed by atoms with Crippen LogP contribution in [0.2, 0.25) is 0 Å². The van der Waals surface area contributed by atoms with Crippen LogP contribution in [0.5, 0.6) is 0 Å². The van der Waals surface area contributed by atoms with Gasteiger partial charge in [0.25, 0.3) is 0 Å². The molecule has 0 radical (unpaired) electrons. The van der Waals surface area contributed by atoms with Crippen LogP contribution in [-0.2, 0) is 14.1 Å². The van der Waals surface area contributed by atoms with E-state index in [2.05, 4.69) is 33.0 Å². The molecule has 32 heavy (non-hydrogen) atoms. The van der Waals surface area contributed by atoms with E-state index in [1.54, 1.807) is 4.68 Å². The number of hydrogen-bond donors (Lipinski definition) is 2. The molecular formula is C24H28N8. The Morgan fingerprint density at radius 1 is 1.03 bits per heavy atom. The van der Waals surface area contributed by atoms with E-state index in [0.29, 0.717) is 11.9 Å². The molecule has 0 aliphatic carbocycles. The van der Waals surface area contributed by atoms with E-state index in [-0.39, 0.29) is 0 Å². The molecule has 1 unspecified atom stereocenters. The van der Waals surface area contributed by atoms with Crippen LogP contribution >= 0.6 is 0 Å². The second-order valence-electron chi connectivity index (χ2n) is 8.36. The monoisotopic (exact) mass is 428 g/mol. The standard InChI is InChI=1S/C24H28N8/c1-31-11-9-22(30-31)21-15-26-23(29-24(21)28-20-8-3-4-10-25-14-20)18-7-5-6-17(12-18)19-13-27-32(2)16-19/h5-7,9,11-13,15-16,20,25H,3-4,8,10,14H2,1-2H3,(H,26,28,29). The van der Waals surface area contributed by atoms with Crippen LogP contribution < -0.4 is 10.6 Å². The first-order valence-electron chi connectivity index (χ1n) is 11.1. The van der Waals surface area contributed by atoms with Crippen LogP contribution in [0.25, 0.3) is 33.8 Å². The van der Waals surface area contributed by atoms with Crippen LogP contribution in [0.3, 0.4) is 0 Å². The van der Waals surface area contributed by atoms with Crippen molar-refractivity contribution in [3.8, 4) is 33.8 Å². The van der Waals surface area contributed by atoms with Gasteiger partial charge < -0.3 is 10.6 Å². The zero-order chi connectivity index (χ0) is 21.9. The Kier molecular flexibility index (Phi) is 5.68. The quantitative estimate of drug-likeness (QED) is 0.506. The lowest BCUT2D eigenvalue weighted by Gasteiger charge is -2.19. The molecule has 8 nitrogen and oxygen atoms in total. The maximum Gasteiger partial charge on any atom is 0.161 e. The topological polar surface area (TPSA) is 85.5 Å². The Bertz CT molecular complexity index is 1200. The van der Waals surface area contributed by atoms with Gasteiger partial charge >= 0.3 is 0 Å². The number of benzene rings is 1. The van der Waals surface area contributed by atoms with Crippen LogP contribution in [0.1, 0.15) is 19.3 Å². The highest BCUT2D eigenvalue weighted by Crippen LogP contribution is 2.30. The zero-order valence-corrected chi connectivity index (χ0v) is 18.5. The second-order valence-corrected chi connectivity index (χ2v) is 8.36. The highest BCUT2D eigenvalue weighted by Gasteiger charge is 2.18. The van der Waals surface area contributed by atoms with Crippen molar-refractivity contribution in [3.63, 3.8) is 0 Å². The molecule has 2 N–H and O–H groups in total. The van der Waals surface area contributed by atoms with Crippen molar-refractivity contribution in [2.75, 3.05) is 18.4 Å². The second kappa shape index (κ2) is 8.92. The number of hydrogen-bond acceptors (Lipinski definition) is 6. The zero-order valence-electron chi connectivity index (χ0n) is 18.5. The van der Waals surface area contributed by atoms with Gasteiger partial charge in [-0.3, -0.25) is 9.36 Å². The third-order valence-corrected chi connectivity index (χ3v) is 5.83. The molecule has 1 aromatic carbocycles. The van der Waals surface area contributed by atoms with Crippen LogP contribution in [0.4, 0.5) is 5.82 Å². The van der Waals surface area contributed by atoms with Gasteiger partial charge in [-0.1, -0.05) is 24.6 Å². The molecule has 5 rings (SSSR count). The van der Waals surface area contributed by atoms with Crippen LogP contribution in [0.15, 0.2) is 55.1 Å². The van der Waals surface area contributed by atoms with Gasteiger partial charge in [-0.25, -0.2) is 9.97 Å². The van der Waals surface area contributed by atoms with Gasteiger partial charge in [-0.05, 0) is 37.1 Å². The minimum atomic E-state index is 0.324. The summed E-state index contributed by atoms with van der Waals surface area (Å²) in [5.74, 6) is 1.52. The van der Waals surface area contributed by atoms with E-state index in [0.717, 1.165) is 53.3 Å². The van der Waals surface area contributed by atoms with Gasteiger partial charge in [0.05, 0.1) is 17.5 Å². The average Bonchev–Trinajstić information content (AvgIpc) is 3.35. The highest BCUT2D eigenvalue weighted by atomic mass is 15.3. The molecule has 0 saturated carbocycles. The van der Waals surface area contributed by atoms with Gasteiger partial charge in [-0.2, -0.15) is 10.2 Å². The third kappa shape index (κ3) is 4.40. The van der Waals surface area contributed by atoms with E-state index in [4.69, 9.17) is 9.97 Å². The molecule has 1 atom stereocenters. The fourth-order valence-corrected chi connectivity index (χ4v) is 4.12. The number of nitrogens with zero attached hydrogens (tertiary/aromatic N) is 6. The summed E-state index contributed by atoms with van der Waals surface area (Å²) in [7, 11) is 3.85. The number of aryl methyl sites for hydroxylation is 2. The number of aromatic nitrogens is 6. The number of nitrogens with one attached hydrogen (secondary N) is 2. The molecule has 1 fully saturated rings. The molecule has 1 aliphatic heterocycles. The molecule has 8 heteroatoms. The Balaban J connectivity index is 1.52. The highest BCUT2D eigenvalue weighted by molar-refractivity contribution is 5.75. The van der Waals surface area contributed by atoms with E-state index in [1.807, 2.05) is 61.8 Å². The van der Waals surface area contributed by atoms with E-state index < -0.39 is 0 Å². The van der Waals surface area contributed by atoms with Crippen molar-refractivity contribution in [2.45, 2.75) is 25.3 Å². The molecule has 164 valence electrons. The summed E-state index contributed by atoms with van der Waals surface area (Å²) in [5.41, 5.74) is 4.92. The fourth-order valence-electron chi connectivity index (χ4n) is 4.12. The largest absolute Gasteiger partial charge is 0.365 e. The summed E-state index contributed by atoms with van der Waals surface area (Å²) >= 11 is 0. The van der Waals surface area contributed by atoms with Crippen molar-refractivity contribution >= 4 is 5.82 Å². The van der Waals surface area contributed by atoms with Crippen LogP contribution in [0, 0.1) is 0 Å². The van der Waals surface area contributed by atoms with Gasteiger partial charge in [0.2, 0.25) is 0 Å². The van der Waals surface area contributed by atoms with Gasteiger partial charge in [0.1, 0.15) is 5.82 Å². The summed E-state index contributed by atoms with van der Waals surface area (Å²) in [6.45, 7) is 2.00. The number of anilines is 1. The molecule has 3 aromatic heterocycles. The lowest BCUT2D eigenvalue weighted by molar-refractivity contribution is 0.634. The smallest absolute Gasteiger partial charge is 0.161 e. The molecule has 0 spiro atoms. The molecule has 0 bridgehead atoms. The Morgan fingerprint density at radius 3 is 2.75 bits per heavy atom. The molecule has 0 amide bonds. The van der Waals surface area contributed by atoms with Crippen molar-refractivity contribution in [2.24, 2.45) is 14.1 Å². The predicted molar refractivity (Wildman–Crippen MR) is 126 cm³/mol. The Hall–Kier alpha value is -3.52.